The molecule has 9 heteroatoms. The van der Waals surface area contributed by atoms with Crippen molar-refractivity contribution < 1.29 is 31.9 Å². The summed E-state index contributed by atoms with van der Waals surface area (Å²) in [6.45, 7) is 2.26. The number of likely N-dealkylation sites (tertiary alicyclic amines) is 1. The fourth-order valence-corrected chi connectivity index (χ4v) is 5.71. The lowest BCUT2D eigenvalue weighted by atomic mass is 9.62. The molecule has 2 atom stereocenters. The first-order valence-corrected chi connectivity index (χ1v) is 11.5. The Morgan fingerprint density at radius 1 is 1.11 bits per heavy atom. The van der Waals surface area contributed by atoms with E-state index in [-0.39, 0.29) is 42.7 Å². The summed E-state index contributed by atoms with van der Waals surface area (Å²) in [5.41, 5.74) is -2.28. The maximum atomic E-state index is 14.4. The van der Waals surface area contributed by atoms with Crippen molar-refractivity contribution in [3.05, 3.63) is 71.0 Å². The Morgan fingerprint density at radius 3 is 2.34 bits per heavy atom. The van der Waals surface area contributed by atoms with Crippen molar-refractivity contribution in [3.63, 3.8) is 0 Å². The maximum Gasteiger partial charge on any atom is 0.430 e. The molecule has 0 bridgehead atoms. The van der Waals surface area contributed by atoms with Gasteiger partial charge in [-0.15, -0.1) is 0 Å². The van der Waals surface area contributed by atoms with Crippen LogP contribution < -0.4 is 5.32 Å². The molecule has 35 heavy (non-hydrogen) atoms. The van der Waals surface area contributed by atoms with Crippen LogP contribution >= 0.6 is 0 Å². The van der Waals surface area contributed by atoms with Crippen LogP contribution in [0.2, 0.25) is 0 Å². The molecule has 2 aliphatic heterocycles. The third kappa shape index (κ3) is 4.30. The number of methoxy groups -OCH3 is 1. The Labute approximate surface area is 201 Å². The maximum absolute atomic E-state index is 14.4. The predicted octanol–water partition coefficient (Wildman–Crippen LogP) is 4.45. The first kappa shape index (κ1) is 25.2. The number of carbonyl (C=O) groups excluding carboxylic acids is 2. The van der Waals surface area contributed by atoms with Crippen molar-refractivity contribution in [1.29, 1.82) is 0 Å². The number of piperidine rings is 2. The van der Waals surface area contributed by atoms with E-state index in [2.05, 4.69) is 5.32 Å². The number of aryl methyl sites for hydroxylation is 1. The second kappa shape index (κ2) is 9.26. The van der Waals surface area contributed by atoms with Gasteiger partial charge in [0.05, 0.1) is 0 Å². The van der Waals surface area contributed by atoms with Gasteiger partial charge < -0.3 is 15.0 Å². The minimum atomic E-state index is -4.98. The normalized spacial score (nSPS) is 21.9. The van der Waals surface area contributed by atoms with E-state index < -0.39 is 23.1 Å². The average Bonchev–Trinajstić information content (AvgIpc) is 2.81. The third-order valence-electron chi connectivity index (χ3n) is 7.60. The zero-order valence-electron chi connectivity index (χ0n) is 19.6. The molecule has 1 N–H and O–H groups in total. The van der Waals surface area contributed by atoms with Crippen LogP contribution in [0, 0.1) is 18.2 Å². The molecule has 0 aliphatic carbocycles. The Kier molecular flexibility index (Phi) is 6.66. The van der Waals surface area contributed by atoms with Crippen LogP contribution in [0.3, 0.4) is 0 Å². The summed E-state index contributed by atoms with van der Waals surface area (Å²) in [4.78, 5) is 27.0. The van der Waals surface area contributed by atoms with Gasteiger partial charge in [0.25, 0.3) is 11.5 Å². The van der Waals surface area contributed by atoms with E-state index in [1.807, 2.05) is 0 Å². The van der Waals surface area contributed by atoms with Crippen molar-refractivity contribution in [2.75, 3.05) is 26.7 Å². The molecule has 4 rings (SSSR count). The zero-order chi connectivity index (χ0) is 25.4. The van der Waals surface area contributed by atoms with Crippen LogP contribution in [0.15, 0.2) is 48.5 Å². The summed E-state index contributed by atoms with van der Waals surface area (Å²) in [7, 11) is 0.892. The van der Waals surface area contributed by atoms with Gasteiger partial charge in [0, 0.05) is 44.6 Å². The van der Waals surface area contributed by atoms with Crippen LogP contribution in [-0.4, -0.2) is 49.6 Å². The molecule has 2 saturated heterocycles. The van der Waals surface area contributed by atoms with E-state index in [0.717, 1.165) is 18.2 Å². The molecule has 5 nitrogen and oxygen atoms in total. The first-order chi connectivity index (χ1) is 16.5. The van der Waals surface area contributed by atoms with E-state index in [9.17, 15) is 27.2 Å². The Hall–Kier alpha value is -2.94. The van der Waals surface area contributed by atoms with Gasteiger partial charge in [-0.1, -0.05) is 36.4 Å². The van der Waals surface area contributed by atoms with Crippen molar-refractivity contribution >= 4 is 11.8 Å². The highest BCUT2D eigenvalue weighted by Gasteiger charge is 2.64. The molecule has 2 aromatic rings. The molecule has 0 aromatic heterocycles. The average molecular weight is 493 g/mol. The highest BCUT2D eigenvalue weighted by Crippen LogP contribution is 2.51. The largest absolute Gasteiger partial charge is 0.430 e. The summed E-state index contributed by atoms with van der Waals surface area (Å²) in [6.07, 6.45) is -4.09. The van der Waals surface area contributed by atoms with Crippen LogP contribution in [0.1, 0.15) is 41.9 Å². The van der Waals surface area contributed by atoms with Gasteiger partial charge >= 0.3 is 6.18 Å². The van der Waals surface area contributed by atoms with Crippen molar-refractivity contribution in [2.24, 2.45) is 5.41 Å². The van der Waals surface area contributed by atoms with Gasteiger partial charge in [-0.3, -0.25) is 9.59 Å². The molecule has 2 heterocycles. The van der Waals surface area contributed by atoms with Gasteiger partial charge in [-0.2, -0.15) is 13.2 Å². The van der Waals surface area contributed by atoms with Crippen molar-refractivity contribution in [2.45, 2.75) is 43.9 Å². The van der Waals surface area contributed by atoms with Gasteiger partial charge in [0.2, 0.25) is 5.91 Å². The standard InChI is InChI=1S/C26H28F4N2O3/c1-17-14-19(27)8-9-20(17)21-16-31-22(33)15-24(21)10-12-32(13-11-24)23(34)25(35-2,26(28,29)30)18-6-4-3-5-7-18/h3-9,14,21H,10-13,15-16H2,1-2H3,(H,31,33)/t21-,25-/m1/s1. The molecule has 0 radical (unpaired) electrons. The molecule has 188 valence electrons. The molecule has 0 unspecified atom stereocenters. The number of halogens is 4. The van der Waals surface area contributed by atoms with E-state index >= 15 is 0 Å². The number of rotatable bonds is 4. The van der Waals surface area contributed by atoms with Crippen LogP contribution in [0.5, 0.6) is 0 Å². The molecular weight excluding hydrogens is 464 g/mol. The fraction of sp³-hybridized carbons (Fsp3) is 0.462. The Morgan fingerprint density at radius 2 is 1.77 bits per heavy atom. The highest BCUT2D eigenvalue weighted by molar-refractivity contribution is 5.88. The van der Waals surface area contributed by atoms with E-state index in [1.54, 1.807) is 19.1 Å². The SMILES string of the molecule is CO[C@@](C(=O)N1CCC2(CC1)CC(=O)NC[C@@H]2c1ccc(F)cc1C)(c1ccccc1)C(F)(F)F. The van der Waals surface area contributed by atoms with Crippen LogP contribution in [0.4, 0.5) is 17.6 Å². The number of nitrogens with one attached hydrogen (secondary N) is 1. The summed E-state index contributed by atoms with van der Waals surface area (Å²) in [6, 6.07) is 11.4. The molecule has 0 saturated carbocycles. The van der Waals surface area contributed by atoms with Crippen LogP contribution in [0.25, 0.3) is 0 Å². The fourth-order valence-electron chi connectivity index (χ4n) is 5.71. The van der Waals surface area contributed by atoms with Crippen molar-refractivity contribution in [3.8, 4) is 0 Å². The van der Waals surface area contributed by atoms with Gasteiger partial charge in [0.1, 0.15) is 5.82 Å². The number of amides is 2. The summed E-state index contributed by atoms with van der Waals surface area (Å²) in [5, 5.41) is 2.87. The number of benzene rings is 2. The molecule has 2 aliphatic rings. The number of hydrogen-bond acceptors (Lipinski definition) is 3. The van der Waals surface area contributed by atoms with E-state index in [0.29, 0.717) is 19.4 Å². The molecule has 1 spiro atoms. The lowest BCUT2D eigenvalue weighted by Gasteiger charge is -2.50. The smallest absolute Gasteiger partial charge is 0.356 e. The van der Waals surface area contributed by atoms with Crippen molar-refractivity contribution in [1.82, 2.24) is 10.2 Å². The highest BCUT2D eigenvalue weighted by atomic mass is 19.4. The summed E-state index contributed by atoms with van der Waals surface area (Å²) in [5.74, 6) is -1.79. The number of alkyl halides is 3. The van der Waals surface area contributed by atoms with Crippen LogP contribution in [-0.2, 0) is 19.9 Å². The topological polar surface area (TPSA) is 58.6 Å². The number of nitrogens with zero attached hydrogens (tertiary/aromatic N) is 1. The minimum Gasteiger partial charge on any atom is -0.356 e. The zero-order valence-corrected chi connectivity index (χ0v) is 19.6. The van der Waals surface area contributed by atoms with E-state index in [1.165, 1.54) is 41.3 Å². The predicted molar refractivity (Wildman–Crippen MR) is 121 cm³/mol. The number of hydrogen-bond donors (Lipinski definition) is 1. The molecule has 2 fully saturated rings. The molecular formula is C26H28F4N2O3. The second-order valence-electron chi connectivity index (χ2n) is 9.44. The number of ether oxygens (including phenoxy) is 1. The van der Waals surface area contributed by atoms with Gasteiger partial charge in [-0.05, 0) is 48.4 Å². The minimum absolute atomic E-state index is 0.0525. The van der Waals surface area contributed by atoms with E-state index in [4.69, 9.17) is 4.74 Å². The lowest BCUT2D eigenvalue weighted by Crippen LogP contribution is -2.60. The molecule has 2 amide bonds. The first-order valence-electron chi connectivity index (χ1n) is 11.5. The Bertz CT molecular complexity index is 1100. The monoisotopic (exact) mass is 492 g/mol. The third-order valence-corrected chi connectivity index (χ3v) is 7.60. The quantitative estimate of drug-likeness (QED) is 0.642. The Balaban J connectivity index is 1.63. The summed E-state index contributed by atoms with van der Waals surface area (Å²) >= 11 is 0. The van der Waals surface area contributed by atoms with Gasteiger partial charge in [0.15, 0.2) is 0 Å². The number of carbonyl (C=O) groups is 2. The summed E-state index contributed by atoms with van der Waals surface area (Å²) < 4.78 is 61.8. The van der Waals surface area contributed by atoms with Gasteiger partial charge in [-0.25, -0.2) is 4.39 Å². The molecule has 2 aromatic carbocycles. The second-order valence-corrected chi connectivity index (χ2v) is 9.44. The lowest BCUT2D eigenvalue weighted by molar-refractivity contribution is -0.271.